The van der Waals surface area contributed by atoms with Crippen LogP contribution in [0.5, 0.6) is 0 Å². The molecule has 2 amide bonds. The molecule has 7 heteroatoms. The van der Waals surface area contributed by atoms with Gasteiger partial charge in [-0.25, -0.2) is 0 Å². The Kier molecular flexibility index (Phi) is 6.29. The molecule has 29 heavy (non-hydrogen) atoms. The molecule has 2 aromatic carbocycles. The third-order valence-electron chi connectivity index (χ3n) is 4.33. The molecule has 1 aliphatic rings. The summed E-state index contributed by atoms with van der Waals surface area (Å²) < 4.78 is 4.97. The number of esters is 1. The highest BCUT2D eigenvalue weighted by Crippen LogP contribution is 2.30. The number of benzene rings is 2. The first-order chi connectivity index (χ1) is 14.0. The lowest BCUT2D eigenvalue weighted by atomic mass is 10.2. The van der Waals surface area contributed by atoms with Crippen LogP contribution in [0.25, 0.3) is 0 Å². The Balaban J connectivity index is 1.80. The zero-order chi connectivity index (χ0) is 20.8. The quantitative estimate of drug-likeness (QED) is 0.736. The largest absolute Gasteiger partial charge is 0.466 e. The number of carbonyl (C=O) groups is 3. The second-order valence-corrected chi connectivity index (χ2v) is 6.63. The summed E-state index contributed by atoms with van der Waals surface area (Å²) in [4.78, 5) is 38.6. The molecule has 2 aromatic rings. The summed E-state index contributed by atoms with van der Waals surface area (Å²) >= 11 is 0. The van der Waals surface area contributed by atoms with Crippen molar-refractivity contribution in [2.24, 2.45) is 0 Å². The number of anilines is 3. The number of nitrogens with one attached hydrogen (secondary N) is 2. The summed E-state index contributed by atoms with van der Waals surface area (Å²) in [6.45, 7) is 3.80. The Bertz CT molecular complexity index is 951. The molecule has 0 fully saturated rings. The monoisotopic (exact) mass is 393 g/mol. The number of amides is 2. The number of carbonyl (C=O) groups excluding carboxylic acids is 3. The second kappa shape index (κ2) is 9.05. The van der Waals surface area contributed by atoms with Crippen molar-refractivity contribution in [1.29, 1.82) is 0 Å². The minimum atomic E-state index is -0.429. The van der Waals surface area contributed by atoms with Crippen molar-refractivity contribution in [2.45, 2.75) is 20.3 Å². The Labute approximate surface area is 169 Å². The lowest BCUT2D eigenvalue weighted by Gasteiger charge is -2.21. The van der Waals surface area contributed by atoms with Crippen LogP contribution in [0.1, 0.15) is 18.9 Å². The summed E-state index contributed by atoms with van der Waals surface area (Å²) in [5, 5.41) is 5.90. The number of ether oxygens (including phenoxy) is 1. The predicted molar refractivity (Wildman–Crippen MR) is 112 cm³/mol. The molecule has 0 spiro atoms. The molecule has 150 valence electrons. The molecular weight excluding hydrogens is 370 g/mol. The predicted octanol–water partition coefficient (Wildman–Crippen LogP) is 3.23. The van der Waals surface area contributed by atoms with Gasteiger partial charge in [-0.05, 0) is 38.1 Å². The highest BCUT2D eigenvalue weighted by molar-refractivity contribution is 6.10. The van der Waals surface area contributed by atoms with Crippen LogP contribution in [0.3, 0.4) is 0 Å². The molecular formula is C22H23N3O4. The van der Waals surface area contributed by atoms with Gasteiger partial charge in [0.15, 0.2) is 0 Å². The number of nitrogens with zero attached hydrogens (tertiary/aromatic N) is 1. The topological polar surface area (TPSA) is 87.7 Å². The molecule has 0 saturated heterocycles. The number of hydrogen-bond donors (Lipinski definition) is 2. The lowest BCUT2D eigenvalue weighted by Crippen LogP contribution is -2.37. The van der Waals surface area contributed by atoms with Gasteiger partial charge in [0.25, 0.3) is 5.91 Å². The van der Waals surface area contributed by atoms with E-state index in [0.717, 1.165) is 5.56 Å². The van der Waals surface area contributed by atoms with Gasteiger partial charge in [-0.1, -0.05) is 29.8 Å². The molecule has 0 atom stereocenters. The van der Waals surface area contributed by atoms with E-state index in [0.29, 0.717) is 22.8 Å². The van der Waals surface area contributed by atoms with Crippen molar-refractivity contribution < 1.29 is 19.1 Å². The highest BCUT2D eigenvalue weighted by Gasteiger charge is 2.25. The van der Waals surface area contributed by atoms with Crippen molar-refractivity contribution in [3.8, 4) is 0 Å². The Morgan fingerprint density at radius 1 is 1.10 bits per heavy atom. The van der Waals surface area contributed by atoms with E-state index in [4.69, 9.17) is 4.74 Å². The fourth-order valence-electron chi connectivity index (χ4n) is 2.98. The summed E-state index contributed by atoms with van der Waals surface area (Å²) in [5.74, 6) is -1.14. The molecule has 0 saturated carbocycles. The molecule has 0 unspecified atom stereocenters. The fourth-order valence-corrected chi connectivity index (χ4v) is 2.98. The van der Waals surface area contributed by atoms with Crippen molar-refractivity contribution in [3.05, 3.63) is 65.9 Å². The maximum Gasteiger partial charge on any atom is 0.311 e. The van der Waals surface area contributed by atoms with Gasteiger partial charge in [0.05, 0.1) is 24.4 Å². The van der Waals surface area contributed by atoms with E-state index in [2.05, 4.69) is 10.6 Å². The average Bonchev–Trinajstić information content (AvgIpc) is 2.80. The second-order valence-electron chi connectivity index (χ2n) is 6.63. The number of para-hydroxylation sites is 2. The summed E-state index contributed by atoms with van der Waals surface area (Å²) in [6, 6.07) is 14.6. The first-order valence-corrected chi connectivity index (χ1v) is 9.36. The molecule has 2 N–H and O–H groups in total. The molecule has 3 rings (SSSR count). The Morgan fingerprint density at radius 2 is 1.83 bits per heavy atom. The maximum atomic E-state index is 12.8. The van der Waals surface area contributed by atoms with Gasteiger partial charge in [-0.15, -0.1) is 0 Å². The number of fused-ring (bicyclic) bond motifs is 1. The van der Waals surface area contributed by atoms with E-state index in [1.807, 2.05) is 37.3 Å². The van der Waals surface area contributed by atoms with Crippen LogP contribution in [0.4, 0.5) is 17.1 Å². The maximum absolute atomic E-state index is 12.8. The SMILES string of the molecule is CCOC(=O)CC1=CC(=O)N(CC(=O)Nc2ccc(C)cc2)c2ccccc2N1. The Hall–Kier alpha value is -3.61. The zero-order valence-corrected chi connectivity index (χ0v) is 16.4. The van der Waals surface area contributed by atoms with Gasteiger partial charge in [0.2, 0.25) is 5.91 Å². The van der Waals surface area contributed by atoms with Crippen LogP contribution in [0, 0.1) is 6.92 Å². The first kappa shape index (κ1) is 20.1. The Morgan fingerprint density at radius 3 is 2.55 bits per heavy atom. The van der Waals surface area contributed by atoms with Crippen molar-refractivity contribution in [1.82, 2.24) is 0 Å². The van der Waals surface area contributed by atoms with E-state index in [9.17, 15) is 14.4 Å². The number of aryl methyl sites for hydroxylation is 1. The average molecular weight is 393 g/mol. The van der Waals surface area contributed by atoms with Crippen LogP contribution in [-0.4, -0.2) is 30.9 Å². The minimum Gasteiger partial charge on any atom is -0.466 e. The van der Waals surface area contributed by atoms with Gasteiger partial charge in [0.1, 0.15) is 6.54 Å². The van der Waals surface area contributed by atoms with E-state index in [1.54, 1.807) is 25.1 Å². The van der Waals surface area contributed by atoms with E-state index >= 15 is 0 Å². The molecule has 0 aromatic heterocycles. The smallest absolute Gasteiger partial charge is 0.311 e. The van der Waals surface area contributed by atoms with E-state index in [1.165, 1.54) is 11.0 Å². The van der Waals surface area contributed by atoms with Crippen LogP contribution < -0.4 is 15.5 Å². The standard InChI is InChI=1S/C22H23N3O4/c1-3-29-22(28)13-17-12-21(27)25(19-7-5-4-6-18(19)23-17)14-20(26)24-16-10-8-15(2)9-11-16/h4-12,23H,3,13-14H2,1-2H3,(H,24,26). The zero-order valence-electron chi connectivity index (χ0n) is 16.4. The lowest BCUT2D eigenvalue weighted by molar-refractivity contribution is -0.142. The van der Waals surface area contributed by atoms with E-state index in [-0.39, 0.29) is 31.4 Å². The van der Waals surface area contributed by atoms with Crippen LogP contribution in [-0.2, 0) is 19.1 Å². The van der Waals surface area contributed by atoms with Gasteiger partial charge < -0.3 is 15.4 Å². The summed E-state index contributed by atoms with van der Waals surface area (Å²) in [5.41, 5.74) is 3.36. The summed E-state index contributed by atoms with van der Waals surface area (Å²) in [7, 11) is 0. The van der Waals surface area contributed by atoms with Gasteiger partial charge in [0, 0.05) is 17.5 Å². The van der Waals surface area contributed by atoms with E-state index < -0.39 is 5.97 Å². The summed E-state index contributed by atoms with van der Waals surface area (Å²) in [6.07, 6.45) is 1.27. The number of rotatable bonds is 6. The third-order valence-corrected chi connectivity index (χ3v) is 4.33. The van der Waals surface area contributed by atoms with Gasteiger partial charge in [-0.3, -0.25) is 19.3 Å². The van der Waals surface area contributed by atoms with Crippen LogP contribution in [0.2, 0.25) is 0 Å². The van der Waals surface area contributed by atoms with Gasteiger partial charge in [-0.2, -0.15) is 0 Å². The molecule has 0 bridgehead atoms. The molecule has 0 radical (unpaired) electrons. The molecule has 7 nitrogen and oxygen atoms in total. The first-order valence-electron chi connectivity index (χ1n) is 9.36. The number of hydrogen-bond acceptors (Lipinski definition) is 5. The molecule has 0 aliphatic carbocycles. The van der Waals surface area contributed by atoms with Crippen molar-refractivity contribution in [3.63, 3.8) is 0 Å². The van der Waals surface area contributed by atoms with Crippen molar-refractivity contribution in [2.75, 3.05) is 28.7 Å². The van der Waals surface area contributed by atoms with Crippen molar-refractivity contribution >= 4 is 34.8 Å². The fraction of sp³-hybridized carbons (Fsp3) is 0.227. The highest BCUT2D eigenvalue weighted by atomic mass is 16.5. The third kappa shape index (κ3) is 5.22. The molecule has 1 heterocycles. The molecule has 1 aliphatic heterocycles. The van der Waals surface area contributed by atoms with Gasteiger partial charge >= 0.3 is 5.97 Å². The normalized spacial score (nSPS) is 13.0. The van der Waals surface area contributed by atoms with Crippen LogP contribution in [0.15, 0.2) is 60.3 Å². The minimum absolute atomic E-state index is 0.0582. The van der Waals surface area contributed by atoms with Crippen LogP contribution >= 0.6 is 0 Å².